The van der Waals surface area contributed by atoms with Crippen LogP contribution in [-0.4, -0.2) is 53.8 Å². The van der Waals surface area contributed by atoms with Gasteiger partial charge in [0.15, 0.2) is 0 Å². The maximum atomic E-state index is 13.3. The number of fused-ring (bicyclic) bond motifs is 1. The molecule has 3 heterocycles. The van der Waals surface area contributed by atoms with E-state index < -0.39 is 35.0 Å². The minimum atomic E-state index is -4.64. The van der Waals surface area contributed by atoms with Crippen molar-refractivity contribution in [1.29, 1.82) is 5.26 Å². The van der Waals surface area contributed by atoms with Crippen molar-refractivity contribution < 1.29 is 27.6 Å². The first-order chi connectivity index (χ1) is 17.7. The summed E-state index contributed by atoms with van der Waals surface area (Å²) in [7, 11) is 0. The Morgan fingerprint density at radius 1 is 0.919 bits per heavy atom. The molecule has 2 aliphatic heterocycles. The summed E-state index contributed by atoms with van der Waals surface area (Å²) in [5.74, 6) is -1.81. The molecule has 37 heavy (non-hydrogen) atoms. The second kappa shape index (κ2) is 9.05. The van der Waals surface area contributed by atoms with E-state index in [0.717, 1.165) is 11.0 Å². The van der Waals surface area contributed by atoms with Crippen LogP contribution in [0.4, 0.5) is 24.5 Å². The van der Waals surface area contributed by atoms with Gasteiger partial charge >= 0.3 is 6.18 Å². The van der Waals surface area contributed by atoms with Crippen molar-refractivity contribution in [2.75, 3.05) is 36.0 Å². The highest BCUT2D eigenvalue weighted by Crippen LogP contribution is 2.33. The Bertz CT molecular complexity index is 1460. The van der Waals surface area contributed by atoms with Gasteiger partial charge in [0.2, 0.25) is 0 Å². The average molecular weight is 505 g/mol. The van der Waals surface area contributed by atoms with Crippen LogP contribution in [0.15, 0.2) is 60.8 Å². The first-order valence-corrected chi connectivity index (χ1v) is 11.3. The number of amides is 3. The third kappa shape index (κ3) is 4.27. The molecule has 0 radical (unpaired) electrons. The maximum absolute atomic E-state index is 13.3. The van der Waals surface area contributed by atoms with Gasteiger partial charge in [-0.1, -0.05) is 12.1 Å². The number of piperazine rings is 1. The van der Waals surface area contributed by atoms with Crippen molar-refractivity contribution in [2.24, 2.45) is 0 Å². The zero-order valence-corrected chi connectivity index (χ0v) is 19.2. The predicted octanol–water partition coefficient (Wildman–Crippen LogP) is 3.74. The number of pyridine rings is 1. The molecule has 3 amide bonds. The summed E-state index contributed by atoms with van der Waals surface area (Å²) in [5.41, 5.74) is 0.0412. The number of halogens is 3. The number of hydrogen-bond acceptors (Lipinski definition) is 6. The van der Waals surface area contributed by atoms with Crippen LogP contribution in [0.3, 0.4) is 0 Å². The van der Waals surface area contributed by atoms with Crippen LogP contribution >= 0.6 is 0 Å². The van der Waals surface area contributed by atoms with Gasteiger partial charge in [0.05, 0.1) is 45.9 Å². The minimum absolute atomic E-state index is 0.00989. The number of carbonyl (C=O) groups is 3. The largest absolute Gasteiger partial charge is 0.417 e. The lowest BCUT2D eigenvalue weighted by molar-refractivity contribution is -0.138. The molecule has 0 N–H and O–H groups in total. The highest BCUT2D eigenvalue weighted by Gasteiger charge is 2.39. The van der Waals surface area contributed by atoms with Crippen molar-refractivity contribution in [2.45, 2.75) is 6.18 Å². The van der Waals surface area contributed by atoms with Crippen molar-refractivity contribution in [3.05, 3.63) is 88.7 Å². The second-order valence-corrected chi connectivity index (χ2v) is 8.52. The zero-order valence-electron chi connectivity index (χ0n) is 19.2. The Morgan fingerprint density at radius 3 is 2.24 bits per heavy atom. The highest BCUT2D eigenvalue weighted by atomic mass is 19.4. The number of rotatable bonds is 3. The van der Waals surface area contributed by atoms with Crippen molar-refractivity contribution in [1.82, 2.24) is 9.88 Å². The number of alkyl halides is 3. The zero-order chi connectivity index (χ0) is 26.3. The Hall–Kier alpha value is -4.72. The molecular weight excluding hydrogens is 487 g/mol. The molecule has 0 unspecified atom stereocenters. The van der Waals surface area contributed by atoms with E-state index in [9.17, 15) is 27.6 Å². The summed E-state index contributed by atoms with van der Waals surface area (Å²) in [6.07, 6.45) is -3.18. The lowest BCUT2D eigenvalue weighted by Crippen LogP contribution is -2.49. The lowest BCUT2D eigenvalue weighted by atomic mass is 10.1. The van der Waals surface area contributed by atoms with Crippen LogP contribution < -0.4 is 9.80 Å². The van der Waals surface area contributed by atoms with E-state index in [2.05, 4.69) is 4.98 Å². The van der Waals surface area contributed by atoms with E-state index in [1.54, 1.807) is 6.07 Å². The molecule has 1 saturated heterocycles. The van der Waals surface area contributed by atoms with E-state index in [4.69, 9.17) is 5.26 Å². The maximum Gasteiger partial charge on any atom is 0.417 e. The molecule has 8 nitrogen and oxygen atoms in total. The number of anilines is 2. The molecule has 5 rings (SSSR count). The Morgan fingerprint density at radius 2 is 1.59 bits per heavy atom. The van der Waals surface area contributed by atoms with Gasteiger partial charge in [0, 0.05) is 26.2 Å². The average Bonchev–Trinajstić information content (AvgIpc) is 3.17. The first kappa shape index (κ1) is 24.0. The molecule has 1 fully saturated rings. The van der Waals surface area contributed by atoms with Crippen LogP contribution in [0.5, 0.6) is 0 Å². The molecule has 0 spiro atoms. The van der Waals surface area contributed by atoms with Crippen LogP contribution in [0.25, 0.3) is 0 Å². The molecular formula is C26H18F3N5O3. The van der Waals surface area contributed by atoms with Crippen molar-refractivity contribution in [3.8, 4) is 6.07 Å². The van der Waals surface area contributed by atoms with E-state index >= 15 is 0 Å². The SMILES string of the molecule is N#Cc1ccc(N2C(=O)c3cc(N4CCN(C(=O)c5ccccc5C(F)(F)F)CC4)cnc3C2=O)cc1. The van der Waals surface area contributed by atoms with Crippen LogP contribution in [0.2, 0.25) is 0 Å². The number of benzene rings is 2. The van der Waals surface area contributed by atoms with Gasteiger partial charge in [-0.2, -0.15) is 18.4 Å². The fourth-order valence-electron chi connectivity index (χ4n) is 4.45. The van der Waals surface area contributed by atoms with E-state index in [-0.39, 0.29) is 24.3 Å². The van der Waals surface area contributed by atoms with Gasteiger partial charge in [-0.15, -0.1) is 0 Å². The monoisotopic (exact) mass is 505 g/mol. The summed E-state index contributed by atoms with van der Waals surface area (Å²) in [6, 6.07) is 14.3. The minimum Gasteiger partial charge on any atom is -0.367 e. The van der Waals surface area contributed by atoms with Crippen molar-refractivity contribution >= 4 is 29.1 Å². The molecule has 2 aromatic carbocycles. The summed E-state index contributed by atoms with van der Waals surface area (Å²) in [6.45, 7) is 0.961. The topological polar surface area (TPSA) is 97.6 Å². The molecule has 2 aliphatic rings. The second-order valence-electron chi connectivity index (χ2n) is 8.52. The molecule has 0 saturated carbocycles. The number of nitriles is 1. The molecule has 11 heteroatoms. The summed E-state index contributed by atoms with van der Waals surface area (Å²) in [5, 5.41) is 8.96. The van der Waals surface area contributed by atoms with Gasteiger partial charge in [0.1, 0.15) is 5.69 Å². The van der Waals surface area contributed by atoms with Crippen LogP contribution in [-0.2, 0) is 6.18 Å². The number of carbonyl (C=O) groups excluding carboxylic acids is 3. The van der Waals surface area contributed by atoms with Gasteiger partial charge < -0.3 is 9.80 Å². The number of aromatic nitrogens is 1. The van der Waals surface area contributed by atoms with E-state index in [0.29, 0.717) is 30.0 Å². The first-order valence-electron chi connectivity index (χ1n) is 11.3. The number of nitrogens with zero attached hydrogens (tertiary/aromatic N) is 5. The normalized spacial score (nSPS) is 15.6. The lowest BCUT2D eigenvalue weighted by Gasteiger charge is -2.36. The van der Waals surface area contributed by atoms with Crippen LogP contribution in [0.1, 0.15) is 42.3 Å². The highest BCUT2D eigenvalue weighted by molar-refractivity contribution is 6.33. The third-order valence-corrected chi connectivity index (χ3v) is 6.36. The molecule has 1 aromatic heterocycles. The van der Waals surface area contributed by atoms with Crippen molar-refractivity contribution in [3.63, 3.8) is 0 Å². The van der Waals surface area contributed by atoms with E-state index in [1.165, 1.54) is 53.6 Å². The van der Waals surface area contributed by atoms with Crippen LogP contribution in [0, 0.1) is 11.3 Å². The third-order valence-electron chi connectivity index (χ3n) is 6.36. The Labute approximate surface area is 209 Å². The number of imide groups is 1. The Balaban J connectivity index is 1.31. The smallest absolute Gasteiger partial charge is 0.367 e. The Kier molecular flexibility index (Phi) is 5.87. The molecule has 3 aromatic rings. The molecule has 0 bridgehead atoms. The van der Waals surface area contributed by atoms with E-state index in [1.807, 2.05) is 11.0 Å². The number of hydrogen-bond donors (Lipinski definition) is 0. The molecule has 0 atom stereocenters. The van der Waals surface area contributed by atoms with Gasteiger partial charge in [-0.3, -0.25) is 14.4 Å². The van der Waals surface area contributed by atoms with Gasteiger partial charge in [-0.05, 0) is 42.5 Å². The predicted molar refractivity (Wildman–Crippen MR) is 126 cm³/mol. The summed E-state index contributed by atoms with van der Waals surface area (Å²) in [4.78, 5) is 47.2. The fourth-order valence-corrected chi connectivity index (χ4v) is 4.45. The summed E-state index contributed by atoms with van der Waals surface area (Å²) < 4.78 is 40.0. The van der Waals surface area contributed by atoms with Gasteiger partial charge in [0.25, 0.3) is 17.7 Å². The molecule has 0 aliphatic carbocycles. The molecule has 186 valence electrons. The fraction of sp³-hybridized carbons (Fsp3) is 0.192. The standard InChI is InChI=1S/C26H18F3N5O3/c27-26(28,29)21-4-2-1-3-19(21)23(35)33-11-9-32(10-12-33)18-13-20-22(31-15-18)25(37)34(24(20)36)17-7-5-16(14-30)6-8-17/h1-8,13,15H,9-12H2. The quantitative estimate of drug-likeness (QED) is 0.503. The van der Waals surface area contributed by atoms with Gasteiger partial charge in [-0.25, -0.2) is 9.88 Å². The summed E-state index contributed by atoms with van der Waals surface area (Å²) >= 11 is 0.